The predicted molar refractivity (Wildman–Crippen MR) is 106 cm³/mol. The Balaban J connectivity index is 1.72. The van der Waals surface area contributed by atoms with Crippen LogP contribution in [0.4, 0.5) is 11.4 Å². The molecule has 3 aromatic rings. The van der Waals surface area contributed by atoms with Crippen molar-refractivity contribution in [3.8, 4) is 0 Å². The number of amides is 1. The number of hydrogen-bond donors (Lipinski definition) is 2. The van der Waals surface area contributed by atoms with E-state index in [2.05, 4.69) is 10.0 Å². The van der Waals surface area contributed by atoms with Gasteiger partial charge in [0.2, 0.25) is 0 Å². The van der Waals surface area contributed by atoms with Crippen LogP contribution in [0.3, 0.4) is 0 Å². The van der Waals surface area contributed by atoms with Gasteiger partial charge in [0.1, 0.15) is 4.21 Å². The minimum absolute atomic E-state index is 0.219. The molecule has 3 rings (SSSR count). The summed E-state index contributed by atoms with van der Waals surface area (Å²) >= 11 is 13.0. The second-order valence-corrected chi connectivity index (χ2v) is 8.89. The number of carbonyl (C=O) groups is 1. The predicted octanol–water partition coefficient (Wildman–Crippen LogP) is 5.11. The van der Waals surface area contributed by atoms with Crippen LogP contribution in [0.25, 0.3) is 0 Å². The molecule has 0 saturated carbocycles. The molecular formula is C17H12Cl2N2O3S2. The molecule has 134 valence electrons. The summed E-state index contributed by atoms with van der Waals surface area (Å²) in [6.45, 7) is 0. The maximum absolute atomic E-state index is 12.3. The molecule has 0 fully saturated rings. The van der Waals surface area contributed by atoms with Crippen molar-refractivity contribution in [2.45, 2.75) is 4.21 Å². The summed E-state index contributed by atoms with van der Waals surface area (Å²) in [5.41, 5.74) is 1.15. The molecule has 2 aromatic carbocycles. The molecule has 0 bridgehead atoms. The third-order valence-electron chi connectivity index (χ3n) is 3.34. The van der Waals surface area contributed by atoms with Gasteiger partial charge >= 0.3 is 0 Å². The minimum Gasteiger partial charge on any atom is -0.321 e. The van der Waals surface area contributed by atoms with Crippen LogP contribution in [0.2, 0.25) is 10.0 Å². The summed E-state index contributed by atoms with van der Waals surface area (Å²) in [5, 5.41) is 5.15. The van der Waals surface area contributed by atoms with Crippen LogP contribution in [0.5, 0.6) is 0 Å². The fourth-order valence-corrected chi connectivity index (χ4v) is 4.60. The molecule has 0 radical (unpaired) electrons. The summed E-state index contributed by atoms with van der Waals surface area (Å²) in [4.78, 5) is 12.3. The monoisotopic (exact) mass is 426 g/mol. The van der Waals surface area contributed by atoms with Crippen LogP contribution in [-0.4, -0.2) is 14.3 Å². The Morgan fingerprint density at radius 1 is 1.00 bits per heavy atom. The van der Waals surface area contributed by atoms with Crippen LogP contribution >= 0.6 is 34.5 Å². The molecule has 1 aromatic heterocycles. The third kappa shape index (κ3) is 4.37. The van der Waals surface area contributed by atoms with Gasteiger partial charge in [-0.05, 0) is 53.9 Å². The first-order valence-electron chi connectivity index (χ1n) is 7.28. The van der Waals surface area contributed by atoms with Gasteiger partial charge in [-0.2, -0.15) is 0 Å². The van der Waals surface area contributed by atoms with Crippen LogP contribution < -0.4 is 10.0 Å². The lowest BCUT2D eigenvalue weighted by Crippen LogP contribution is -2.13. The average Bonchev–Trinajstić information content (AvgIpc) is 3.13. The Morgan fingerprint density at radius 3 is 2.35 bits per heavy atom. The van der Waals surface area contributed by atoms with Crippen molar-refractivity contribution in [2.75, 3.05) is 10.0 Å². The molecule has 0 unspecified atom stereocenters. The molecule has 1 heterocycles. The number of halogens is 2. The lowest BCUT2D eigenvalue weighted by Gasteiger charge is -2.09. The van der Waals surface area contributed by atoms with Gasteiger partial charge < -0.3 is 5.32 Å². The standard InChI is InChI=1S/C17H12Cl2N2O3S2/c18-12-5-8-15(14(19)10-12)20-17(22)11-3-6-13(7-4-11)21-26(23,24)16-2-1-9-25-16/h1-10,21H,(H,20,22). The number of benzene rings is 2. The van der Waals surface area contributed by atoms with Crippen molar-refractivity contribution in [1.29, 1.82) is 0 Å². The highest BCUT2D eigenvalue weighted by molar-refractivity contribution is 7.94. The third-order valence-corrected chi connectivity index (χ3v) is 6.67. The largest absolute Gasteiger partial charge is 0.321 e. The van der Waals surface area contributed by atoms with Crippen LogP contribution in [0.1, 0.15) is 10.4 Å². The van der Waals surface area contributed by atoms with Crippen molar-refractivity contribution in [3.63, 3.8) is 0 Å². The van der Waals surface area contributed by atoms with Crippen LogP contribution in [0, 0.1) is 0 Å². The van der Waals surface area contributed by atoms with E-state index in [0.717, 1.165) is 11.3 Å². The van der Waals surface area contributed by atoms with Crippen molar-refractivity contribution in [1.82, 2.24) is 0 Å². The van der Waals surface area contributed by atoms with Crippen molar-refractivity contribution in [2.24, 2.45) is 0 Å². The lowest BCUT2D eigenvalue weighted by atomic mass is 10.2. The maximum Gasteiger partial charge on any atom is 0.271 e. The molecule has 0 atom stereocenters. The highest BCUT2D eigenvalue weighted by Gasteiger charge is 2.15. The van der Waals surface area contributed by atoms with Gasteiger partial charge in [0.05, 0.1) is 10.7 Å². The molecule has 0 aliphatic rings. The summed E-state index contributed by atoms with van der Waals surface area (Å²) in [6.07, 6.45) is 0. The van der Waals surface area contributed by atoms with Crippen LogP contribution in [0.15, 0.2) is 64.2 Å². The van der Waals surface area contributed by atoms with E-state index in [9.17, 15) is 13.2 Å². The quantitative estimate of drug-likeness (QED) is 0.594. The molecule has 1 amide bonds. The average molecular weight is 427 g/mol. The summed E-state index contributed by atoms with van der Waals surface area (Å²) in [7, 11) is -3.62. The van der Waals surface area contributed by atoms with E-state index < -0.39 is 10.0 Å². The molecule has 0 spiro atoms. The summed E-state index contributed by atoms with van der Waals surface area (Å²) in [6, 6.07) is 14.0. The lowest BCUT2D eigenvalue weighted by molar-refractivity contribution is 0.102. The molecule has 5 nitrogen and oxygen atoms in total. The Kier molecular flexibility index (Phi) is 5.52. The Labute approximate surface area is 164 Å². The van der Waals surface area contributed by atoms with E-state index in [-0.39, 0.29) is 10.1 Å². The van der Waals surface area contributed by atoms with E-state index >= 15 is 0 Å². The number of rotatable bonds is 5. The van der Waals surface area contributed by atoms with E-state index in [1.165, 1.54) is 36.4 Å². The fourth-order valence-electron chi connectivity index (χ4n) is 2.10. The van der Waals surface area contributed by atoms with E-state index in [4.69, 9.17) is 23.2 Å². The van der Waals surface area contributed by atoms with Gasteiger partial charge in [0, 0.05) is 16.3 Å². The van der Waals surface area contributed by atoms with Gasteiger partial charge in [-0.25, -0.2) is 8.42 Å². The molecule has 26 heavy (non-hydrogen) atoms. The number of anilines is 2. The molecule has 0 aliphatic carbocycles. The Bertz CT molecular complexity index is 1030. The van der Waals surface area contributed by atoms with Gasteiger partial charge in [-0.15, -0.1) is 11.3 Å². The van der Waals surface area contributed by atoms with Crippen molar-refractivity contribution in [3.05, 3.63) is 75.6 Å². The zero-order valence-corrected chi connectivity index (χ0v) is 16.2. The highest BCUT2D eigenvalue weighted by Crippen LogP contribution is 2.26. The first-order valence-corrected chi connectivity index (χ1v) is 10.4. The smallest absolute Gasteiger partial charge is 0.271 e. The number of nitrogens with one attached hydrogen (secondary N) is 2. The minimum atomic E-state index is -3.62. The number of sulfonamides is 1. The summed E-state index contributed by atoms with van der Waals surface area (Å²) < 4.78 is 27.1. The second-order valence-electron chi connectivity index (χ2n) is 5.19. The first kappa shape index (κ1) is 18.7. The number of thiophene rings is 1. The first-order chi connectivity index (χ1) is 12.3. The molecule has 9 heteroatoms. The normalized spacial score (nSPS) is 11.2. The molecule has 0 saturated heterocycles. The summed E-state index contributed by atoms with van der Waals surface area (Å²) in [5.74, 6) is -0.373. The van der Waals surface area contributed by atoms with Gasteiger partial charge in [0.15, 0.2) is 0 Å². The van der Waals surface area contributed by atoms with E-state index in [0.29, 0.717) is 27.0 Å². The van der Waals surface area contributed by atoms with Crippen molar-refractivity contribution >= 4 is 61.8 Å². The molecule has 2 N–H and O–H groups in total. The van der Waals surface area contributed by atoms with Crippen molar-refractivity contribution < 1.29 is 13.2 Å². The highest BCUT2D eigenvalue weighted by atomic mass is 35.5. The zero-order valence-electron chi connectivity index (χ0n) is 13.1. The van der Waals surface area contributed by atoms with Gasteiger partial charge in [0.25, 0.3) is 15.9 Å². The molecule has 0 aliphatic heterocycles. The maximum atomic E-state index is 12.3. The second kappa shape index (κ2) is 7.67. The number of hydrogen-bond acceptors (Lipinski definition) is 4. The van der Waals surface area contributed by atoms with Gasteiger partial charge in [-0.1, -0.05) is 29.3 Å². The fraction of sp³-hybridized carbons (Fsp3) is 0. The van der Waals surface area contributed by atoms with Crippen LogP contribution in [-0.2, 0) is 10.0 Å². The SMILES string of the molecule is O=C(Nc1ccc(Cl)cc1Cl)c1ccc(NS(=O)(=O)c2cccs2)cc1. The Hall–Kier alpha value is -2.06. The Morgan fingerprint density at radius 2 is 1.73 bits per heavy atom. The molecular weight excluding hydrogens is 415 g/mol. The zero-order chi connectivity index (χ0) is 18.7. The topological polar surface area (TPSA) is 75.3 Å². The van der Waals surface area contributed by atoms with E-state index in [1.54, 1.807) is 23.6 Å². The van der Waals surface area contributed by atoms with Gasteiger partial charge in [-0.3, -0.25) is 9.52 Å². The van der Waals surface area contributed by atoms with E-state index in [1.807, 2.05) is 0 Å². The number of carbonyl (C=O) groups excluding carboxylic acids is 1.